The molecule has 0 aromatic carbocycles. The smallest absolute Gasteiger partial charge is 0.178 e. The summed E-state index contributed by atoms with van der Waals surface area (Å²) in [6.07, 6.45) is 3.86. The van der Waals surface area contributed by atoms with Gasteiger partial charge in [0.05, 0.1) is 5.70 Å². The van der Waals surface area contributed by atoms with Gasteiger partial charge in [0.1, 0.15) is 0 Å². The van der Waals surface area contributed by atoms with Gasteiger partial charge in [-0.15, -0.1) is 0 Å². The highest BCUT2D eigenvalue weighted by atomic mass is 16.1. The molecule has 12 heavy (non-hydrogen) atoms. The van der Waals surface area contributed by atoms with Crippen molar-refractivity contribution in [2.45, 2.75) is 26.2 Å². The summed E-state index contributed by atoms with van der Waals surface area (Å²) in [5.74, 6) is -0.0181. The number of allylic oxidation sites excluding steroid dienone is 2. The number of hydrogen-bond donors (Lipinski definition) is 1. The molecule has 0 aliphatic carbocycles. The van der Waals surface area contributed by atoms with Crippen molar-refractivity contribution < 1.29 is 9.59 Å². The fourth-order valence-electron chi connectivity index (χ4n) is 1.20. The molecule has 1 rings (SSSR count). The van der Waals surface area contributed by atoms with Crippen molar-refractivity contribution in [1.29, 1.82) is 0 Å². The molecule has 0 unspecified atom stereocenters. The first kappa shape index (κ1) is 8.97. The lowest BCUT2D eigenvalue weighted by atomic mass is 10.1. The molecule has 3 heteroatoms. The van der Waals surface area contributed by atoms with E-state index in [0.717, 1.165) is 19.4 Å². The lowest BCUT2D eigenvalue weighted by Crippen LogP contribution is -2.18. The highest BCUT2D eigenvalue weighted by Crippen LogP contribution is 2.07. The van der Waals surface area contributed by atoms with E-state index >= 15 is 0 Å². The third-order valence-electron chi connectivity index (χ3n) is 1.79. The van der Waals surface area contributed by atoms with Crippen LogP contribution in [0.15, 0.2) is 11.8 Å². The van der Waals surface area contributed by atoms with Crippen molar-refractivity contribution in [3.63, 3.8) is 0 Å². The molecule has 0 radical (unpaired) electrons. The van der Waals surface area contributed by atoms with Crippen LogP contribution in [0.2, 0.25) is 0 Å². The predicted molar refractivity (Wildman–Crippen MR) is 45.6 cm³/mol. The zero-order chi connectivity index (χ0) is 8.97. The van der Waals surface area contributed by atoms with Crippen LogP contribution in [0.3, 0.4) is 0 Å². The summed E-state index contributed by atoms with van der Waals surface area (Å²) in [5, 5.41) is 2.95. The summed E-state index contributed by atoms with van der Waals surface area (Å²) in [4.78, 5) is 22.0. The maximum absolute atomic E-state index is 11.3. The molecule has 1 fully saturated rings. The van der Waals surface area contributed by atoms with Gasteiger partial charge in [-0.05, 0) is 19.8 Å². The molecule has 1 heterocycles. The predicted octanol–water partition coefficient (Wildman–Crippen LogP) is 0.802. The van der Waals surface area contributed by atoms with Gasteiger partial charge in [-0.3, -0.25) is 9.59 Å². The van der Waals surface area contributed by atoms with Crippen LogP contribution in [0.25, 0.3) is 0 Å². The van der Waals surface area contributed by atoms with Crippen LogP contribution in [-0.2, 0) is 9.59 Å². The van der Waals surface area contributed by atoms with E-state index in [1.807, 2.05) is 0 Å². The van der Waals surface area contributed by atoms with E-state index in [1.54, 1.807) is 0 Å². The first-order chi connectivity index (χ1) is 5.70. The molecule has 0 bridgehead atoms. The highest BCUT2D eigenvalue weighted by Gasteiger charge is 2.12. The Morgan fingerprint density at radius 2 is 2.25 bits per heavy atom. The second-order valence-corrected chi connectivity index (χ2v) is 2.98. The molecule has 1 N–H and O–H groups in total. The Kier molecular flexibility index (Phi) is 3.02. The van der Waals surface area contributed by atoms with Crippen LogP contribution >= 0.6 is 0 Å². The van der Waals surface area contributed by atoms with Crippen molar-refractivity contribution >= 4 is 11.6 Å². The first-order valence-corrected chi connectivity index (χ1v) is 4.19. The van der Waals surface area contributed by atoms with E-state index in [-0.39, 0.29) is 11.6 Å². The maximum atomic E-state index is 11.3. The topological polar surface area (TPSA) is 46.2 Å². The minimum absolute atomic E-state index is 0.0581. The average molecular weight is 167 g/mol. The van der Waals surface area contributed by atoms with Crippen LogP contribution in [0.1, 0.15) is 26.2 Å². The van der Waals surface area contributed by atoms with Crippen LogP contribution in [0.4, 0.5) is 0 Å². The molecule has 0 saturated carbocycles. The van der Waals surface area contributed by atoms with Crippen LogP contribution in [0.5, 0.6) is 0 Å². The lowest BCUT2D eigenvalue weighted by molar-refractivity contribution is -0.117. The molecule has 1 aliphatic heterocycles. The Balaban J connectivity index is 2.71. The molecule has 0 atom stereocenters. The quantitative estimate of drug-likeness (QED) is 0.587. The monoisotopic (exact) mass is 167 g/mol. The zero-order valence-electron chi connectivity index (χ0n) is 7.22. The van der Waals surface area contributed by atoms with Gasteiger partial charge in [-0.2, -0.15) is 0 Å². The fourth-order valence-corrected chi connectivity index (χ4v) is 1.20. The second kappa shape index (κ2) is 4.04. The van der Waals surface area contributed by atoms with Gasteiger partial charge in [-0.25, -0.2) is 0 Å². The van der Waals surface area contributed by atoms with Gasteiger partial charge in [-0.1, -0.05) is 0 Å². The SMILES string of the molecule is CC(=O)/C=C1/NCCCCC1=O. The van der Waals surface area contributed by atoms with Crippen molar-refractivity contribution in [3.8, 4) is 0 Å². The van der Waals surface area contributed by atoms with E-state index < -0.39 is 0 Å². The van der Waals surface area contributed by atoms with Crippen LogP contribution < -0.4 is 5.32 Å². The lowest BCUT2D eigenvalue weighted by Gasteiger charge is -2.02. The third kappa shape index (κ3) is 2.49. The van der Waals surface area contributed by atoms with Crippen molar-refractivity contribution in [3.05, 3.63) is 11.8 Å². The summed E-state index contributed by atoms with van der Waals surface area (Å²) in [5.41, 5.74) is 0.486. The molecule has 1 aliphatic rings. The van der Waals surface area contributed by atoms with E-state index in [4.69, 9.17) is 0 Å². The minimum Gasteiger partial charge on any atom is -0.382 e. The highest BCUT2D eigenvalue weighted by molar-refractivity contribution is 6.01. The number of ketones is 2. The van der Waals surface area contributed by atoms with Gasteiger partial charge in [0.2, 0.25) is 0 Å². The Bertz CT molecular complexity index is 231. The van der Waals surface area contributed by atoms with Crippen molar-refractivity contribution in [2.24, 2.45) is 0 Å². The molecule has 0 amide bonds. The number of rotatable bonds is 1. The summed E-state index contributed by atoms with van der Waals surface area (Å²) in [6.45, 7) is 2.25. The fraction of sp³-hybridized carbons (Fsp3) is 0.556. The molecule has 0 aromatic heterocycles. The molecular weight excluding hydrogens is 154 g/mol. The number of nitrogens with one attached hydrogen (secondary N) is 1. The summed E-state index contributed by atoms with van der Waals surface area (Å²) in [7, 11) is 0. The van der Waals surface area contributed by atoms with Crippen LogP contribution in [0, 0.1) is 0 Å². The van der Waals surface area contributed by atoms with E-state index in [1.165, 1.54) is 13.0 Å². The number of hydrogen-bond acceptors (Lipinski definition) is 3. The van der Waals surface area contributed by atoms with E-state index in [9.17, 15) is 9.59 Å². The van der Waals surface area contributed by atoms with E-state index in [0.29, 0.717) is 12.1 Å². The number of carbonyl (C=O) groups is 2. The van der Waals surface area contributed by atoms with Crippen molar-refractivity contribution in [2.75, 3.05) is 6.54 Å². The molecule has 66 valence electrons. The molecule has 0 aromatic rings. The molecular formula is C9H13NO2. The Morgan fingerprint density at radius 1 is 1.50 bits per heavy atom. The third-order valence-corrected chi connectivity index (χ3v) is 1.79. The molecule has 0 spiro atoms. The first-order valence-electron chi connectivity index (χ1n) is 4.19. The Morgan fingerprint density at radius 3 is 2.92 bits per heavy atom. The van der Waals surface area contributed by atoms with Gasteiger partial charge in [0.15, 0.2) is 11.6 Å². The van der Waals surface area contributed by atoms with Gasteiger partial charge >= 0.3 is 0 Å². The Hall–Kier alpha value is -1.12. The second-order valence-electron chi connectivity index (χ2n) is 2.98. The molecule has 3 nitrogen and oxygen atoms in total. The Labute approximate surface area is 71.8 Å². The number of carbonyl (C=O) groups excluding carboxylic acids is 2. The van der Waals surface area contributed by atoms with Gasteiger partial charge in [0.25, 0.3) is 0 Å². The number of Topliss-reactive ketones (excluding diaryl/α,β-unsaturated/α-hetero) is 1. The summed E-state index contributed by atoms with van der Waals surface area (Å²) < 4.78 is 0. The van der Waals surface area contributed by atoms with Gasteiger partial charge < -0.3 is 5.32 Å². The van der Waals surface area contributed by atoms with Gasteiger partial charge in [0, 0.05) is 19.0 Å². The standard InChI is InChI=1S/C9H13NO2/c1-7(11)6-8-9(12)4-2-3-5-10-8/h6,10H,2-5H2,1H3/b8-6+. The largest absolute Gasteiger partial charge is 0.382 e. The minimum atomic E-state index is -0.0762. The normalized spacial score (nSPS) is 21.8. The maximum Gasteiger partial charge on any atom is 0.178 e. The summed E-state index contributed by atoms with van der Waals surface area (Å²) >= 11 is 0. The average Bonchev–Trinajstić information content (AvgIpc) is 2.16. The zero-order valence-corrected chi connectivity index (χ0v) is 7.22. The summed E-state index contributed by atoms with van der Waals surface area (Å²) in [6, 6.07) is 0. The van der Waals surface area contributed by atoms with Crippen molar-refractivity contribution in [1.82, 2.24) is 5.32 Å². The molecule has 1 saturated heterocycles. The van der Waals surface area contributed by atoms with Crippen LogP contribution in [-0.4, -0.2) is 18.1 Å². The van der Waals surface area contributed by atoms with E-state index in [2.05, 4.69) is 5.32 Å².